The minimum absolute atomic E-state index is 0.183. The fourth-order valence-electron chi connectivity index (χ4n) is 4.61. The topological polar surface area (TPSA) is 89.3 Å². The summed E-state index contributed by atoms with van der Waals surface area (Å²) in [5, 5.41) is 9.51. The van der Waals surface area contributed by atoms with Crippen LogP contribution in [0.1, 0.15) is 73.6 Å². The zero-order valence-electron chi connectivity index (χ0n) is 19.3. The van der Waals surface area contributed by atoms with Crippen LogP contribution in [-0.2, 0) is 13.0 Å². The summed E-state index contributed by atoms with van der Waals surface area (Å²) in [7, 11) is 0. The van der Waals surface area contributed by atoms with Crippen molar-refractivity contribution in [1.29, 1.82) is 0 Å². The van der Waals surface area contributed by atoms with Gasteiger partial charge in [-0.2, -0.15) is 0 Å². The smallest absolute Gasteiger partial charge is 0.336 e. The van der Waals surface area contributed by atoms with Crippen molar-refractivity contribution in [3.05, 3.63) is 112 Å². The van der Waals surface area contributed by atoms with Crippen LogP contribution in [0.4, 0.5) is 0 Å². The number of hydrogen-bond donors (Lipinski definition) is 1. The molecule has 1 heterocycles. The molecule has 1 aliphatic carbocycles. The maximum absolute atomic E-state index is 13.4. The Labute approximate surface area is 202 Å². The number of ketones is 2. The molecule has 0 saturated carbocycles. The van der Waals surface area contributed by atoms with Crippen LogP contribution in [0.25, 0.3) is 11.1 Å². The van der Waals surface area contributed by atoms with Crippen molar-refractivity contribution in [2.75, 3.05) is 0 Å². The monoisotopic (exact) mass is 464 g/mol. The number of nitrogens with zero attached hydrogens (tertiary/aromatic N) is 2. The van der Waals surface area contributed by atoms with E-state index in [0.29, 0.717) is 35.3 Å². The molecule has 0 aliphatic heterocycles. The molecular weight excluding hydrogens is 440 g/mol. The number of benzene rings is 3. The first-order valence-corrected chi connectivity index (χ1v) is 11.7. The van der Waals surface area contributed by atoms with Crippen molar-refractivity contribution in [2.45, 2.75) is 32.7 Å². The van der Waals surface area contributed by atoms with Crippen LogP contribution in [-0.4, -0.2) is 32.2 Å². The van der Waals surface area contributed by atoms with Gasteiger partial charge in [-0.15, -0.1) is 0 Å². The summed E-state index contributed by atoms with van der Waals surface area (Å²) in [6, 6.07) is 21.4. The number of carbonyl (C=O) groups is 3. The van der Waals surface area contributed by atoms with E-state index in [1.807, 2.05) is 34.9 Å². The number of aromatic carboxylic acids is 1. The number of carbonyl (C=O) groups excluding carboxylic acids is 2. The van der Waals surface area contributed by atoms with E-state index in [-0.39, 0.29) is 22.8 Å². The van der Waals surface area contributed by atoms with Gasteiger partial charge in [0.05, 0.1) is 5.56 Å². The summed E-state index contributed by atoms with van der Waals surface area (Å²) >= 11 is 0. The van der Waals surface area contributed by atoms with E-state index in [2.05, 4.69) is 11.9 Å². The summed E-state index contributed by atoms with van der Waals surface area (Å²) < 4.78 is 1.88. The number of rotatable bonds is 7. The Bertz CT molecular complexity index is 1460. The highest BCUT2D eigenvalue weighted by molar-refractivity contribution is 6.27. The lowest BCUT2D eigenvalue weighted by molar-refractivity contribution is 0.0697. The molecule has 6 nitrogen and oxygen atoms in total. The highest BCUT2D eigenvalue weighted by atomic mass is 16.4. The number of carboxylic acid groups (broad SMARTS) is 1. The van der Waals surface area contributed by atoms with Gasteiger partial charge < -0.3 is 9.67 Å². The fraction of sp³-hybridized carbons (Fsp3) is 0.172. The third-order valence-corrected chi connectivity index (χ3v) is 6.41. The quantitative estimate of drug-likeness (QED) is 0.348. The molecule has 3 aromatic carbocycles. The maximum atomic E-state index is 13.4. The van der Waals surface area contributed by atoms with Gasteiger partial charge in [-0.3, -0.25) is 9.59 Å². The van der Waals surface area contributed by atoms with E-state index in [1.165, 1.54) is 0 Å². The summed E-state index contributed by atoms with van der Waals surface area (Å²) in [5.41, 5.74) is 4.00. The molecule has 0 atom stereocenters. The third kappa shape index (κ3) is 3.97. The molecule has 0 saturated heterocycles. The van der Waals surface area contributed by atoms with E-state index in [4.69, 9.17) is 0 Å². The minimum atomic E-state index is -0.973. The molecule has 0 fully saturated rings. The van der Waals surface area contributed by atoms with Crippen molar-refractivity contribution in [3.63, 3.8) is 0 Å². The number of unbranched alkanes of at least 4 members (excludes halogenated alkanes) is 1. The number of imidazole rings is 1. The van der Waals surface area contributed by atoms with Gasteiger partial charge in [0.2, 0.25) is 11.6 Å². The van der Waals surface area contributed by atoms with E-state index in [1.54, 1.807) is 42.5 Å². The number of hydrogen-bond acceptors (Lipinski definition) is 4. The van der Waals surface area contributed by atoms with Gasteiger partial charge in [-0.05, 0) is 29.2 Å². The van der Waals surface area contributed by atoms with E-state index < -0.39 is 5.97 Å². The highest BCUT2D eigenvalue weighted by Crippen LogP contribution is 2.30. The Morgan fingerprint density at radius 2 is 1.49 bits per heavy atom. The van der Waals surface area contributed by atoms with E-state index in [9.17, 15) is 19.5 Å². The van der Waals surface area contributed by atoms with E-state index in [0.717, 1.165) is 29.8 Å². The molecule has 0 unspecified atom stereocenters. The van der Waals surface area contributed by atoms with Crippen LogP contribution >= 0.6 is 0 Å². The Morgan fingerprint density at radius 1 is 0.857 bits per heavy atom. The Morgan fingerprint density at radius 3 is 2.14 bits per heavy atom. The number of aromatic nitrogens is 2. The van der Waals surface area contributed by atoms with Gasteiger partial charge in [0.25, 0.3) is 0 Å². The van der Waals surface area contributed by atoms with Crippen LogP contribution in [0.2, 0.25) is 0 Å². The lowest BCUT2D eigenvalue weighted by Gasteiger charge is -2.17. The van der Waals surface area contributed by atoms with Crippen LogP contribution in [0.5, 0.6) is 0 Å². The first-order valence-electron chi connectivity index (χ1n) is 11.7. The third-order valence-electron chi connectivity index (χ3n) is 6.41. The predicted molar refractivity (Wildman–Crippen MR) is 132 cm³/mol. The van der Waals surface area contributed by atoms with Gasteiger partial charge in [0, 0.05) is 24.1 Å². The Hall–Kier alpha value is -4.32. The van der Waals surface area contributed by atoms with E-state index >= 15 is 0 Å². The molecule has 1 N–H and O–H groups in total. The van der Waals surface area contributed by atoms with Crippen molar-refractivity contribution < 1.29 is 19.5 Å². The summed E-state index contributed by atoms with van der Waals surface area (Å²) in [6.07, 6.45) is 2.54. The second-order valence-electron chi connectivity index (χ2n) is 8.67. The first kappa shape index (κ1) is 22.5. The van der Waals surface area contributed by atoms with Crippen molar-refractivity contribution in [3.8, 4) is 11.1 Å². The minimum Gasteiger partial charge on any atom is -0.478 e. The van der Waals surface area contributed by atoms with Crippen molar-refractivity contribution >= 4 is 17.5 Å². The molecule has 6 heteroatoms. The highest BCUT2D eigenvalue weighted by Gasteiger charge is 2.35. The van der Waals surface area contributed by atoms with Crippen LogP contribution in [0, 0.1) is 0 Å². The number of aryl methyl sites for hydroxylation is 1. The lowest BCUT2D eigenvalue weighted by Crippen LogP contribution is -2.23. The lowest BCUT2D eigenvalue weighted by atomic mass is 9.90. The molecule has 174 valence electrons. The summed E-state index contributed by atoms with van der Waals surface area (Å²) in [6.45, 7) is 2.48. The summed E-state index contributed by atoms with van der Waals surface area (Å²) in [5.74, 6) is -0.643. The molecule has 5 rings (SSSR count). The fourth-order valence-corrected chi connectivity index (χ4v) is 4.61. The van der Waals surface area contributed by atoms with Crippen LogP contribution < -0.4 is 0 Å². The van der Waals surface area contributed by atoms with Crippen molar-refractivity contribution in [2.24, 2.45) is 0 Å². The molecule has 0 spiro atoms. The van der Waals surface area contributed by atoms with Gasteiger partial charge in [-0.25, -0.2) is 9.78 Å². The molecule has 1 aliphatic rings. The molecule has 1 aromatic heterocycles. The molecule has 0 bridgehead atoms. The zero-order chi connectivity index (χ0) is 24.5. The second-order valence-corrected chi connectivity index (χ2v) is 8.67. The second kappa shape index (κ2) is 9.14. The van der Waals surface area contributed by atoms with Crippen molar-refractivity contribution in [1.82, 2.24) is 9.55 Å². The van der Waals surface area contributed by atoms with Crippen LogP contribution in [0.3, 0.4) is 0 Å². The SMILES string of the molecule is CCCCc1nc2c(n1Cc1ccc(-c3ccccc3C(=O)O)cc1)C(=O)c1ccccc1C2=O. The predicted octanol–water partition coefficient (Wildman–Crippen LogP) is 5.41. The van der Waals surface area contributed by atoms with Gasteiger partial charge >= 0.3 is 5.97 Å². The average Bonchev–Trinajstić information content (AvgIpc) is 3.24. The largest absolute Gasteiger partial charge is 0.478 e. The maximum Gasteiger partial charge on any atom is 0.336 e. The summed E-state index contributed by atoms with van der Waals surface area (Å²) in [4.78, 5) is 42.8. The number of fused-ring (bicyclic) bond motifs is 2. The van der Waals surface area contributed by atoms with Gasteiger partial charge in [0.1, 0.15) is 17.2 Å². The molecule has 0 amide bonds. The van der Waals surface area contributed by atoms with Crippen LogP contribution in [0.15, 0.2) is 72.8 Å². The molecule has 0 radical (unpaired) electrons. The first-order chi connectivity index (χ1) is 17.0. The average molecular weight is 465 g/mol. The number of carboxylic acids is 1. The normalized spacial score (nSPS) is 12.4. The molecular formula is C29H24N2O4. The molecule has 4 aromatic rings. The molecule has 35 heavy (non-hydrogen) atoms. The standard InChI is InChI=1S/C29H24N2O4/c1-2-3-12-24-30-25-26(28(33)22-10-6-5-9-21(22)27(25)32)31(24)17-18-13-15-19(16-14-18)20-8-4-7-11-23(20)29(34)35/h4-11,13-16H,2-3,12,17H2,1H3,(H,34,35). The zero-order valence-corrected chi connectivity index (χ0v) is 19.3. The van der Waals surface area contributed by atoms with Gasteiger partial charge in [-0.1, -0.05) is 80.1 Å². The van der Waals surface area contributed by atoms with Gasteiger partial charge in [0.15, 0.2) is 0 Å². The Kier molecular flexibility index (Phi) is 5.87. The Balaban J connectivity index is 1.53.